The van der Waals surface area contributed by atoms with Crippen LogP contribution in [0.1, 0.15) is 43.4 Å². The van der Waals surface area contributed by atoms with Crippen molar-refractivity contribution in [3.63, 3.8) is 0 Å². The van der Waals surface area contributed by atoms with Gasteiger partial charge in [-0.05, 0) is 30.2 Å². The van der Waals surface area contributed by atoms with Crippen LogP contribution in [0.25, 0.3) is 0 Å². The number of imide groups is 1. The van der Waals surface area contributed by atoms with Crippen LogP contribution in [-0.2, 0) is 10.3 Å². The van der Waals surface area contributed by atoms with Crippen molar-refractivity contribution in [2.45, 2.75) is 37.8 Å². The molecule has 2 aromatic carbocycles. The van der Waals surface area contributed by atoms with Gasteiger partial charge in [-0.25, -0.2) is 9.69 Å². The quantitative estimate of drug-likeness (QED) is 0.669. The van der Waals surface area contributed by atoms with Crippen LogP contribution in [0.5, 0.6) is 11.5 Å². The number of amides is 3. The fraction of sp³-hybridized carbons (Fsp3) is 0.417. The smallest absolute Gasteiger partial charge is 0.329 e. The van der Waals surface area contributed by atoms with Gasteiger partial charge in [0, 0.05) is 12.8 Å². The van der Waals surface area contributed by atoms with Crippen LogP contribution in [0.2, 0.25) is 0 Å². The average molecular weight is 425 g/mol. The number of hydrogen-bond donors (Lipinski definition) is 2. The zero-order chi connectivity index (χ0) is 22.0. The lowest BCUT2D eigenvalue weighted by atomic mass is 9.87. The molecule has 164 valence electrons. The standard InChI is InChI=1S/C24H29N3O4/c1-4-24(17-9-6-5-7-10-17)22(28)27(23(29)25-24)16-26-14-8-11-20(26)19-15-18(30-2)12-13-21(19)31-3/h5-7,9-10,12-13,15,20H,4,8,11,14,16H2,1-3H3,(H,25,29)/p+1/t20-,24+/m1/s1. The minimum atomic E-state index is -0.999. The lowest BCUT2D eigenvalue weighted by Crippen LogP contribution is -3.12. The normalized spacial score (nSPS) is 25.6. The van der Waals surface area contributed by atoms with Crippen LogP contribution in [0.15, 0.2) is 48.5 Å². The number of ether oxygens (including phenoxy) is 2. The van der Waals surface area contributed by atoms with Crippen LogP contribution >= 0.6 is 0 Å². The van der Waals surface area contributed by atoms with Crippen LogP contribution in [0.3, 0.4) is 0 Å². The maximum atomic E-state index is 13.5. The first-order chi connectivity index (χ1) is 15.0. The second-order valence-electron chi connectivity index (χ2n) is 8.16. The molecule has 2 fully saturated rings. The number of benzene rings is 2. The summed E-state index contributed by atoms with van der Waals surface area (Å²) in [6.07, 6.45) is 2.47. The van der Waals surface area contributed by atoms with Crippen molar-refractivity contribution in [2.24, 2.45) is 0 Å². The Morgan fingerprint density at radius 2 is 1.90 bits per heavy atom. The fourth-order valence-electron chi connectivity index (χ4n) is 4.92. The van der Waals surface area contributed by atoms with Crippen molar-refractivity contribution >= 4 is 11.9 Å². The van der Waals surface area contributed by atoms with Gasteiger partial charge in [0.05, 0.1) is 26.3 Å². The molecule has 2 aliphatic heterocycles. The van der Waals surface area contributed by atoms with Crippen LogP contribution in [-0.4, -0.2) is 44.3 Å². The zero-order valence-electron chi connectivity index (χ0n) is 18.3. The Hall–Kier alpha value is -3.06. The monoisotopic (exact) mass is 424 g/mol. The molecule has 2 saturated heterocycles. The maximum absolute atomic E-state index is 13.5. The van der Waals surface area contributed by atoms with E-state index in [0.29, 0.717) is 13.1 Å². The van der Waals surface area contributed by atoms with Gasteiger partial charge in [0.2, 0.25) is 0 Å². The molecule has 3 amide bonds. The number of likely N-dealkylation sites (tertiary alicyclic amines) is 1. The third-order valence-electron chi connectivity index (χ3n) is 6.63. The van der Waals surface area contributed by atoms with E-state index in [1.54, 1.807) is 14.2 Å². The number of hydrogen-bond acceptors (Lipinski definition) is 4. The Bertz CT molecular complexity index is 965. The summed E-state index contributed by atoms with van der Waals surface area (Å²) in [5.41, 5.74) is 0.868. The molecule has 0 aliphatic carbocycles. The van der Waals surface area contributed by atoms with Gasteiger partial charge < -0.3 is 19.7 Å². The summed E-state index contributed by atoms with van der Waals surface area (Å²) in [5, 5.41) is 2.98. The molecule has 7 heteroatoms. The van der Waals surface area contributed by atoms with Gasteiger partial charge in [-0.2, -0.15) is 0 Å². The van der Waals surface area contributed by atoms with Crippen molar-refractivity contribution < 1.29 is 24.0 Å². The first-order valence-corrected chi connectivity index (χ1v) is 10.8. The van der Waals surface area contributed by atoms with Crippen molar-refractivity contribution in [1.29, 1.82) is 0 Å². The third-order valence-corrected chi connectivity index (χ3v) is 6.63. The van der Waals surface area contributed by atoms with Gasteiger partial charge in [-0.1, -0.05) is 37.3 Å². The molecule has 3 atom stereocenters. The molecule has 0 saturated carbocycles. The predicted molar refractivity (Wildman–Crippen MR) is 116 cm³/mol. The summed E-state index contributed by atoms with van der Waals surface area (Å²) in [6, 6.07) is 15.1. The maximum Gasteiger partial charge on any atom is 0.329 e. The van der Waals surface area contributed by atoms with E-state index in [2.05, 4.69) is 5.32 Å². The van der Waals surface area contributed by atoms with Crippen LogP contribution in [0.4, 0.5) is 4.79 Å². The molecule has 2 aromatic rings. The van der Waals surface area contributed by atoms with Crippen molar-refractivity contribution in [1.82, 2.24) is 10.2 Å². The largest absolute Gasteiger partial charge is 0.497 e. The lowest BCUT2D eigenvalue weighted by molar-refractivity contribution is -0.925. The molecule has 2 aliphatic rings. The molecule has 0 aromatic heterocycles. The van der Waals surface area contributed by atoms with Gasteiger partial charge >= 0.3 is 6.03 Å². The van der Waals surface area contributed by atoms with Gasteiger partial charge in [-0.3, -0.25) is 4.79 Å². The van der Waals surface area contributed by atoms with Crippen LogP contribution in [0, 0.1) is 0 Å². The summed E-state index contributed by atoms with van der Waals surface area (Å²) in [5.74, 6) is 1.39. The summed E-state index contributed by atoms with van der Waals surface area (Å²) in [4.78, 5) is 29.0. The number of carbonyl (C=O) groups is 2. The van der Waals surface area contributed by atoms with E-state index in [-0.39, 0.29) is 18.0 Å². The van der Waals surface area contributed by atoms with E-state index < -0.39 is 5.54 Å². The molecule has 0 radical (unpaired) electrons. The minimum Gasteiger partial charge on any atom is -0.497 e. The molecule has 0 spiro atoms. The van der Waals surface area contributed by atoms with Gasteiger partial charge in [-0.15, -0.1) is 0 Å². The van der Waals surface area contributed by atoms with E-state index in [0.717, 1.165) is 42.0 Å². The summed E-state index contributed by atoms with van der Waals surface area (Å²) < 4.78 is 11.0. The highest BCUT2D eigenvalue weighted by molar-refractivity contribution is 6.07. The number of methoxy groups -OCH3 is 2. The molecule has 7 nitrogen and oxygen atoms in total. The number of carbonyl (C=O) groups excluding carboxylic acids is 2. The highest BCUT2D eigenvalue weighted by atomic mass is 16.5. The van der Waals surface area contributed by atoms with Gasteiger partial charge in [0.15, 0.2) is 6.67 Å². The second-order valence-corrected chi connectivity index (χ2v) is 8.16. The zero-order valence-corrected chi connectivity index (χ0v) is 18.3. The van der Waals surface area contributed by atoms with E-state index in [4.69, 9.17) is 9.47 Å². The van der Waals surface area contributed by atoms with Crippen LogP contribution < -0.4 is 19.7 Å². The Labute approximate surface area is 182 Å². The molecule has 0 bridgehead atoms. The minimum absolute atomic E-state index is 0.124. The number of quaternary nitrogens is 1. The highest BCUT2D eigenvalue weighted by Crippen LogP contribution is 2.34. The third kappa shape index (κ3) is 3.63. The molecular formula is C24H30N3O4+. The lowest BCUT2D eigenvalue weighted by Gasteiger charge is -2.28. The van der Waals surface area contributed by atoms with Crippen molar-refractivity contribution in [3.05, 3.63) is 59.7 Å². The summed E-state index contributed by atoms with van der Waals surface area (Å²) in [7, 11) is 3.30. The number of nitrogens with one attached hydrogen (secondary N) is 2. The highest BCUT2D eigenvalue weighted by Gasteiger charge is 2.53. The first kappa shape index (κ1) is 21.2. The van der Waals surface area contributed by atoms with Crippen molar-refractivity contribution in [3.8, 4) is 11.5 Å². The van der Waals surface area contributed by atoms with E-state index in [1.807, 2.05) is 55.5 Å². The second kappa shape index (κ2) is 8.59. The summed E-state index contributed by atoms with van der Waals surface area (Å²) >= 11 is 0. The van der Waals surface area contributed by atoms with Gasteiger partial charge in [0.1, 0.15) is 23.1 Å². The fourth-order valence-corrected chi connectivity index (χ4v) is 4.92. The van der Waals surface area contributed by atoms with Crippen molar-refractivity contribution in [2.75, 3.05) is 27.4 Å². The number of rotatable bonds is 7. The topological polar surface area (TPSA) is 72.3 Å². The molecule has 2 N–H and O–H groups in total. The number of urea groups is 1. The SMILES string of the molecule is CC[C@@]1(c2ccccc2)NC(=O)N(C[NH+]2CCC[C@@H]2c2cc(OC)ccc2OC)C1=O. The Kier molecular flexibility index (Phi) is 5.87. The van der Waals surface area contributed by atoms with E-state index >= 15 is 0 Å². The van der Waals surface area contributed by atoms with E-state index in [9.17, 15) is 9.59 Å². The van der Waals surface area contributed by atoms with E-state index in [1.165, 1.54) is 9.80 Å². The molecule has 1 unspecified atom stereocenters. The Morgan fingerprint density at radius 1 is 1.13 bits per heavy atom. The first-order valence-electron chi connectivity index (χ1n) is 10.8. The van der Waals surface area contributed by atoms with Gasteiger partial charge in [0.25, 0.3) is 5.91 Å². The predicted octanol–water partition coefficient (Wildman–Crippen LogP) is 2.24. The molecular weight excluding hydrogens is 394 g/mol. The molecule has 31 heavy (non-hydrogen) atoms. The summed E-state index contributed by atoms with van der Waals surface area (Å²) in [6.45, 7) is 3.14. The Balaban J connectivity index is 1.60. The molecule has 4 rings (SSSR count). The average Bonchev–Trinajstić information content (AvgIpc) is 3.37. The molecule has 2 heterocycles. The number of nitrogens with zero attached hydrogens (tertiary/aromatic N) is 1. The Morgan fingerprint density at radius 3 is 2.58 bits per heavy atom.